The van der Waals surface area contributed by atoms with Crippen molar-refractivity contribution >= 4 is 5.97 Å². The molecule has 0 aromatic carbocycles. The van der Waals surface area contributed by atoms with E-state index in [-0.39, 0.29) is 0 Å². The van der Waals surface area contributed by atoms with E-state index >= 15 is 0 Å². The van der Waals surface area contributed by atoms with E-state index < -0.39 is 11.5 Å². The number of hydrogen-bond donors (Lipinski definition) is 1. The van der Waals surface area contributed by atoms with Crippen molar-refractivity contribution in [1.29, 1.82) is 0 Å². The Kier molecular flexibility index (Phi) is 6.60. The predicted octanol–water partition coefficient (Wildman–Crippen LogP) is 1.99. The van der Waals surface area contributed by atoms with Crippen molar-refractivity contribution in [2.75, 3.05) is 20.8 Å². The van der Waals surface area contributed by atoms with Crippen LogP contribution in [0.2, 0.25) is 0 Å². The van der Waals surface area contributed by atoms with Gasteiger partial charge in [-0.05, 0) is 33.2 Å². The monoisotopic (exact) mass is 231 g/mol. The molecule has 1 N–H and O–H groups in total. The zero-order chi connectivity index (χ0) is 12.8. The summed E-state index contributed by atoms with van der Waals surface area (Å²) in [6.07, 6.45) is 2.43. The molecule has 96 valence electrons. The minimum Gasteiger partial charge on any atom is -0.480 e. The molecule has 16 heavy (non-hydrogen) atoms. The molecule has 0 aliphatic heterocycles. The topological polar surface area (TPSA) is 49.8 Å². The summed E-state index contributed by atoms with van der Waals surface area (Å²) in [6.45, 7) is 6.41. The first-order valence-electron chi connectivity index (χ1n) is 5.89. The molecule has 0 spiro atoms. The van der Waals surface area contributed by atoms with Gasteiger partial charge in [-0.25, -0.2) is 0 Å². The predicted molar refractivity (Wildman–Crippen MR) is 64.7 cm³/mol. The highest BCUT2D eigenvalue weighted by Crippen LogP contribution is 2.23. The lowest BCUT2D eigenvalue weighted by molar-refractivity contribution is -0.152. The highest BCUT2D eigenvalue weighted by Gasteiger charge is 2.39. The molecule has 0 saturated carbocycles. The SMILES string of the molecule is CCC(CC)N(C)C(C)(CCOC)C(=O)O. The van der Waals surface area contributed by atoms with Crippen LogP contribution in [-0.2, 0) is 9.53 Å². The lowest BCUT2D eigenvalue weighted by Crippen LogP contribution is -2.55. The van der Waals surface area contributed by atoms with E-state index in [0.717, 1.165) is 12.8 Å². The van der Waals surface area contributed by atoms with Gasteiger partial charge in [0.05, 0.1) is 0 Å². The molecule has 0 amide bonds. The Morgan fingerprint density at radius 1 is 1.44 bits per heavy atom. The number of carboxylic acid groups (broad SMARTS) is 1. The number of likely N-dealkylation sites (N-methyl/N-ethyl adjacent to an activating group) is 1. The minimum absolute atomic E-state index is 0.304. The first-order valence-corrected chi connectivity index (χ1v) is 5.89. The van der Waals surface area contributed by atoms with Crippen molar-refractivity contribution in [3.63, 3.8) is 0 Å². The maximum Gasteiger partial charge on any atom is 0.323 e. The summed E-state index contributed by atoms with van der Waals surface area (Å²) in [4.78, 5) is 13.4. The molecule has 0 rings (SSSR count). The van der Waals surface area contributed by atoms with Crippen LogP contribution in [-0.4, -0.2) is 48.3 Å². The van der Waals surface area contributed by atoms with Crippen molar-refractivity contribution in [1.82, 2.24) is 4.90 Å². The third-order valence-corrected chi connectivity index (χ3v) is 3.52. The standard InChI is InChI=1S/C12H25NO3/c1-6-10(7-2)13(4)12(3,11(14)15)8-9-16-5/h10H,6-9H2,1-5H3,(H,14,15). The summed E-state index contributed by atoms with van der Waals surface area (Å²) in [6, 6.07) is 0.304. The Hall–Kier alpha value is -0.610. The number of methoxy groups -OCH3 is 1. The quantitative estimate of drug-likeness (QED) is 0.694. The van der Waals surface area contributed by atoms with Crippen molar-refractivity contribution in [2.45, 2.75) is 51.6 Å². The first kappa shape index (κ1) is 15.4. The summed E-state index contributed by atoms with van der Waals surface area (Å²) >= 11 is 0. The van der Waals surface area contributed by atoms with Gasteiger partial charge in [0.2, 0.25) is 0 Å². The van der Waals surface area contributed by atoms with Gasteiger partial charge in [-0.2, -0.15) is 0 Å². The number of nitrogens with zero attached hydrogens (tertiary/aromatic N) is 1. The normalized spacial score (nSPS) is 15.4. The summed E-state index contributed by atoms with van der Waals surface area (Å²) in [5, 5.41) is 9.37. The molecule has 4 heteroatoms. The lowest BCUT2D eigenvalue weighted by atomic mass is 9.93. The Bertz CT molecular complexity index is 216. The molecule has 1 unspecified atom stereocenters. The number of ether oxygens (including phenoxy) is 1. The summed E-state index contributed by atoms with van der Waals surface area (Å²) in [5.41, 5.74) is -0.841. The van der Waals surface area contributed by atoms with Gasteiger partial charge in [-0.1, -0.05) is 13.8 Å². The zero-order valence-corrected chi connectivity index (χ0v) is 11.1. The lowest BCUT2D eigenvalue weighted by Gasteiger charge is -2.40. The second-order valence-electron chi connectivity index (χ2n) is 4.40. The summed E-state index contributed by atoms with van der Waals surface area (Å²) in [5.74, 6) is -0.779. The third-order valence-electron chi connectivity index (χ3n) is 3.52. The molecular weight excluding hydrogens is 206 g/mol. The van der Waals surface area contributed by atoms with Crippen LogP contribution < -0.4 is 0 Å². The molecule has 0 aliphatic rings. The van der Waals surface area contributed by atoms with Crippen molar-refractivity contribution in [3.8, 4) is 0 Å². The van der Waals surface area contributed by atoms with Gasteiger partial charge >= 0.3 is 5.97 Å². The van der Waals surface area contributed by atoms with Crippen LogP contribution in [0.25, 0.3) is 0 Å². The maximum atomic E-state index is 11.4. The smallest absolute Gasteiger partial charge is 0.323 e. The van der Waals surface area contributed by atoms with Crippen LogP contribution >= 0.6 is 0 Å². The van der Waals surface area contributed by atoms with Crippen LogP contribution in [0, 0.1) is 0 Å². The Morgan fingerprint density at radius 2 is 1.94 bits per heavy atom. The Balaban J connectivity index is 4.80. The Labute approximate surface area is 98.6 Å². The van der Waals surface area contributed by atoms with E-state index in [4.69, 9.17) is 4.74 Å². The first-order chi connectivity index (χ1) is 7.43. The maximum absolute atomic E-state index is 11.4. The molecule has 0 bridgehead atoms. The van der Waals surface area contributed by atoms with Gasteiger partial charge < -0.3 is 9.84 Å². The molecule has 0 fully saturated rings. The summed E-state index contributed by atoms with van der Waals surface area (Å²) in [7, 11) is 3.49. The number of hydrogen-bond acceptors (Lipinski definition) is 3. The van der Waals surface area contributed by atoms with Crippen LogP contribution in [0.4, 0.5) is 0 Å². The van der Waals surface area contributed by atoms with Gasteiger partial charge in [-0.15, -0.1) is 0 Å². The van der Waals surface area contributed by atoms with Crippen molar-refractivity contribution < 1.29 is 14.6 Å². The highest BCUT2D eigenvalue weighted by atomic mass is 16.5. The van der Waals surface area contributed by atoms with Crippen molar-refractivity contribution in [3.05, 3.63) is 0 Å². The molecule has 1 atom stereocenters. The second-order valence-corrected chi connectivity index (χ2v) is 4.40. The number of carboxylic acids is 1. The van der Waals surface area contributed by atoms with Gasteiger partial charge in [0.1, 0.15) is 5.54 Å². The largest absolute Gasteiger partial charge is 0.480 e. The van der Waals surface area contributed by atoms with E-state index in [9.17, 15) is 9.90 Å². The van der Waals surface area contributed by atoms with Gasteiger partial charge in [0, 0.05) is 19.8 Å². The van der Waals surface area contributed by atoms with Crippen LogP contribution in [0.15, 0.2) is 0 Å². The fourth-order valence-corrected chi connectivity index (χ4v) is 1.97. The molecular formula is C12H25NO3. The Morgan fingerprint density at radius 3 is 2.25 bits per heavy atom. The van der Waals surface area contributed by atoms with Crippen LogP contribution in [0.5, 0.6) is 0 Å². The van der Waals surface area contributed by atoms with Gasteiger partial charge in [0.15, 0.2) is 0 Å². The molecule has 0 radical (unpaired) electrons. The molecule has 0 aromatic rings. The van der Waals surface area contributed by atoms with Crippen molar-refractivity contribution in [2.24, 2.45) is 0 Å². The number of carbonyl (C=O) groups is 1. The highest BCUT2D eigenvalue weighted by molar-refractivity contribution is 5.78. The zero-order valence-electron chi connectivity index (χ0n) is 11.1. The fraction of sp³-hybridized carbons (Fsp3) is 0.917. The average Bonchev–Trinajstić information content (AvgIpc) is 2.27. The van der Waals surface area contributed by atoms with E-state index in [1.54, 1.807) is 14.0 Å². The van der Waals surface area contributed by atoms with Gasteiger partial charge in [-0.3, -0.25) is 9.69 Å². The van der Waals surface area contributed by atoms with Crippen LogP contribution in [0.3, 0.4) is 0 Å². The van der Waals surface area contributed by atoms with E-state index in [0.29, 0.717) is 19.1 Å². The molecule has 0 aliphatic carbocycles. The number of rotatable bonds is 8. The second kappa shape index (κ2) is 6.86. The van der Waals surface area contributed by atoms with E-state index in [2.05, 4.69) is 13.8 Å². The molecule has 4 nitrogen and oxygen atoms in total. The average molecular weight is 231 g/mol. The molecule has 0 aromatic heterocycles. The molecule has 0 saturated heterocycles. The fourth-order valence-electron chi connectivity index (χ4n) is 1.97. The van der Waals surface area contributed by atoms with Crippen LogP contribution in [0.1, 0.15) is 40.0 Å². The summed E-state index contributed by atoms with van der Waals surface area (Å²) < 4.78 is 4.99. The van der Waals surface area contributed by atoms with Gasteiger partial charge in [0.25, 0.3) is 0 Å². The minimum atomic E-state index is -0.841. The third kappa shape index (κ3) is 3.46. The molecule has 0 heterocycles. The van der Waals surface area contributed by atoms with E-state index in [1.807, 2.05) is 11.9 Å². The number of aliphatic carboxylic acids is 1. The van der Waals surface area contributed by atoms with E-state index in [1.165, 1.54) is 0 Å².